The number of thiazole rings is 1. The highest BCUT2D eigenvalue weighted by Gasteiger charge is 2.33. The van der Waals surface area contributed by atoms with E-state index in [2.05, 4.69) is 22.5 Å². The first-order valence-corrected chi connectivity index (χ1v) is 15.3. The Morgan fingerprint density at radius 3 is 2.48 bits per heavy atom. The lowest BCUT2D eigenvalue weighted by molar-refractivity contribution is -0.138. The van der Waals surface area contributed by atoms with Crippen molar-refractivity contribution in [2.75, 3.05) is 13.7 Å². The second kappa shape index (κ2) is 12.4. The summed E-state index contributed by atoms with van der Waals surface area (Å²) in [6.45, 7) is 5.44. The molecule has 5 aromatic rings. The molecule has 0 fully saturated rings. The van der Waals surface area contributed by atoms with Crippen molar-refractivity contribution in [2.45, 2.75) is 13.0 Å². The number of carbonyl (C=O) groups is 1. The Hall–Kier alpha value is -4.80. The van der Waals surface area contributed by atoms with Crippen molar-refractivity contribution >= 4 is 39.3 Å². The van der Waals surface area contributed by atoms with E-state index in [1.54, 1.807) is 35.4 Å². The van der Waals surface area contributed by atoms with Gasteiger partial charge in [-0.1, -0.05) is 82.4 Å². The van der Waals surface area contributed by atoms with E-state index in [-0.39, 0.29) is 12.2 Å². The Balaban J connectivity index is 1.54. The third-order valence-corrected chi connectivity index (χ3v) is 8.68. The van der Waals surface area contributed by atoms with Crippen LogP contribution < -0.4 is 19.6 Å². The Bertz CT molecular complexity index is 2080. The number of fused-ring (bicyclic) bond motifs is 1. The zero-order chi connectivity index (χ0) is 30.8. The summed E-state index contributed by atoms with van der Waals surface area (Å²) in [5.41, 5.74) is 4.53. The molecular formula is C34H27BrN4O4S. The summed E-state index contributed by atoms with van der Waals surface area (Å²) >= 11 is 4.77. The van der Waals surface area contributed by atoms with Crippen LogP contribution in [0.15, 0.2) is 123 Å². The van der Waals surface area contributed by atoms with E-state index in [1.165, 1.54) is 17.4 Å². The van der Waals surface area contributed by atoms with Crippen LogP contribution in [-0.2, 0) is 9.53 Å². The molecule has 0 spiro atoms. The van der Waals surface area contributed by atoms with Crippen LogP contribution in [0.5, 0.6) is 5.75 Å². The predicted molar refractivity (Wildman–Crippen MR) is 175 cm³/mol. The molecule has 3 aromatic carbocycles. The van der Waals surface area contributed by atoms with E-state index < -0.39 is 12.0 Å². The Morgan fingerprint density at radius 2 is 1.80 bits per heavy atom. The second-order valence-electron chi connectivity index (χ2n) is 9.96. The summed E-state index contributed by atoms with van der Waals surface area (Å²) in [5.74, 6) is 0.108. The summed E-state index contributed by atoms with van der Waals surface area (Å²) in [6, 6.07) is 24.2. The fraction of sp³-hybridized carbons (Fsp3) is 0.118. The zero-order valence-corrected chi connectivity index (χ0v) is 26.3. The minimum atomic E-state index is -0.741. The van der Waals surface area contributed by atoms with Crippen LogP contribution >= 0.6 is 27.3 Å². The quantitative estimate of drug-likeness (QED) is 0.159. The van der Waals surface area contributed by atoms with E-state index in [4.69, 9.17) is 19.6 Å². The number of para-hydroxylation sites is 1. The Morgan fingerprint density at radius 1 is 1.07 bits per heavy atom. The molecule has 0 amide bonds. The molecule has 3 heterocycles. The van der Waals surface area contributed by atoms with Crippen LogP contribution in [0.4, 0.5) is 0 Å². The molecule has 0 N–H and O–H groups in total. The van der Waals surface area contributed by atoms with Crippen LogP contribution in [0.3, 0.4) is 0 Å². The van der Waals surface area contributed by atoms with E-state index >= 15 is 0 Å². The normalized spacial score (nSPS) is 14.6. The second-order valence-corrected chi connectivity index (χ2v) is 11.9. The monoisotopic (exact) mass is 666 g/mol. The Labute approximate surface area is 265 Å². The lowest BCUT2D eigenvalue weighted by Crippen LogP contribution is -2.39. The third kappa shape index (κ3) is 5.61. The van der Waals surface area contributed by atoms with Gasteiger partial charge in [-0.2, -0.15) is 5.10 Å². The highest BCUT2D eigenvalue weighted by atomic mass is 79.9. The maximum atomic E-state index is 14.2. The molecule has 0 saturated carbocycles. The van der Waals surface area contributed by atoms with Gasteiger partial charge in [-0.3, -0.25) is 9.36 Å². The number of hydrogen-bond acceptors (Lipinski definition) is 7. The molecular weight excluding hydrogens is 640 g/mol. The minimum Gasteiger partial charge on any atom is -0.497 e. The number of esters is 1. The summed E-state index contributed by atoms with van der Waals surface area (Å²) < 4.78 is 15.6. The number of halogens is 1. The van der Waals surface area contributed by atoms with Crippen LogP contribution in [0.2, 0.25) is 0 Å². The number of carbonyl (C=O) groups excluding carboxylic acids is 1. The van der Waals surface area contributed by atoms with Crippen molar-refractivity contribution in [1.29, 1.82) is 0 Å². The number of allylic oxidation sites excluding steroid dienone is 1. The number of hydrogen-bond donors (Lipinski definition) is 0. The lowest BCUT2D eigenvalue weighted by Gasteiger charge is -2.24. The number of methoxy groups -OCH3 is 1. The molecule has 0 bridgehead atoms. The molecule has 44 heavy (non-hydrogen) atoms. The number of benzene rings is 3. The third-order valence-electron chi connectivity index (χ3n) is 7.17. The maximum Gasteiger partial charge on any atom is 0.338 e. The SMILES string of the molecule is C=CCOC(=O)C1=C(C)N=c2s/c(=C/c3cn(-c4ccccc4)nc3-c3ccc(Br)cc3)c(=O)n2[C@@H]1c1ccc(OC)cc1. The number of nitrogens with zero attached hydrogens (tertiary/aromatic N) is 4. The maximum absolute atomic E-state index is 14.2. The van der Waals surface area contributed by atoms with Gasteiger partial charge in [0.1, 0.15) is 12.4 Å². The van der Waals surface area contributed by atoms with E-state index in [9.17, 15) is 9.59 Å². The summed E-state index contributed by atoms with van der Waals surface area (Å²) in [4.78, 5) is 32.7. The molecule has 0 aliphatic carbocycles. The first-order chi connectivity index (χ1) is 21.4. The number of rotatable bonds is 8. The number of ether oxygens (including phenoxy) is 2. The molecule has 6 rings (SSSR count). The Kier molecular flexibility index (Phi) is 8.28. The fourth-order valence-corrected chi connectivity index (χ4v) is 6.38. The van der Waals surface area contributed by atoms with Crippen LogP contribution in [0, 0.1) is 0 Å². The largest absolute Gasteiger partial charge is 0.497 e. The van der Waals surface area contributed by atoms with Crippen molar-refractivity contribution in [1.82, 2.24) is 14.3 Å². The van der Waals surface area contributed by atoms with Gasteiger partial charge < -0.3 is 9.47 Å². The average molecular weight is 668 g/mol. The van der Waals surface area contributed by atoms with Gasteiger partial charge in [-0.05, 0) is 55.0 Å². The zero-order valence-electron chi connectivity index (χ0n) is 23.9. The van der Waals surface area contributed by atoms with Crippen molar-refractivity contribution in [3.63, 3.8) is 0 Å². The van der Waals surface area contributed by atoms with Gasteiger partial charge in [-0.25, -0.2) is 14.5 Å². The average Bonchev–Trinajstić information content (AvgIpc) is 3.60. The molecule has 0 unspecified atom stereocenters. The molecule has 1 aliphatic rings. The standard InChI is InChI=1S/C34H27BrN4O4S/c1-4-18-43-33(41)29-21(2)36-34-39(31(29)23-12-16-27(42-3)17-13-23)32(40)28(44-34)19-24-20-38(26-8-6-5-7-9-26)37-30(24)22-10-14-25(35)15-11-22/h4-17,19-20,31H,1,18H2,2-3H3/b28-19+/t31-/m1/s1. The van der Waals surface area contributed by atoms with Gasteiger partial charge in [0.05, 0.1) is 40.3 Å². The first kappa shape index (κ1) is 29.3. The lowest BCUT2D eigenvalue weighted by atomic mass is 9.96. The smallest absolute Gasteiger partial charge is 0.338 e. The van der Waals surface area contributed by atoms with Crippen molar-refractivity contribution < 1.29 is 14.3 Å². The summed E-state index contributed by atoms with van der Waals surface area (Å²) in [6.07, 6.45) is 5.26. The van der Waals surface area contributed by atoms with Crippen molar-refractivity contribution in [3.05, 3.63) is 144 Å². The van der Waals surface area contributed by atoms with E-state index in [0.717, 1.165) is 32.5 Å². The first-order valence-electron chi connectivity index (χ1n) is 13.7. The van der Waals surface area contributed by atoms with Gasteiger partial charge >= 0.3 is 5.97 Å². The molecule has 2 aromatic heterocycles. The van der Waals surface area contributed by atoms with Gasteiger partial charge in [0.25, 0.3) is 5.56 Å². The fourth-order valence-electron chi connectivity index (χ4n) is 5.08. The van der Waals surface area contributed by atoms with Gasteiger partial charge in [-0.15, -0.1) is 0 Å². The van der Waals surface area contributed by atoms with Gasteiger partial charge in [0.15, 0.2) is 4.80 Å². The molecule has 0 saturated heterocycles. The highest BCUT2D eigenvalue weighted by Crippen LogP contribution is 2.32. The van der Waals surface area contributed by atoms with Gasteiger partial charge in [0, 0.05) is 21.8 Å². The number of aromatic nitrogens is 3. The topological polar surface area (TPSA) is 87.7 Å². The van der Waals surface area contributed by atoms with Crippen LogP contribution in [-0.4, -0.2) is 34.0 Å². The molecule has 220 valence electrons. The van der Waals surface area contributed by atoms with E-state index in [1.807, 2.05) is 79.0 Å². The summed E-state index contributed by atoms with van der Waals surface area (Å²) in [7, 11) is 1.59. The molecule has 1 aliphatic heterocycles. The van der Waals surface area contributed by atoms with Gasteiger partial charge in [0.2, 0.25) is 0 Å². The molecule has 10 heteroatoms. The van der Waals surface area contributed by atoms with Crippen molar-refractivity contribution in [2.24, 2.45) is 4.99 Å². The van der Waals surface area contributed by atoms with Crippen LogP contribution in [0.1, 0.15) is 24.1 Å². The summed E-state index contributed by atoms with van der Waals surface area (Å²) in [5, 5.41) is 4.90. The van der Waals surface area contributed by atoms with E-state index in [0.29, 0.717) is 26.4 Å². The molecule has 1 atom stereocenters. The molecule has 8 nitrogen and oxygen atoms in total. The highest BCUT2D eigenvalue weighted by molar-refractivity contribution is 9.10. The van der Waals surface area contributed by atoms with Crippen molar-refractivity contribution in [3.8, 4) is 22.7 Å². The minimum absolute atomic E-state index is 0.0413. The van der Waals surface area contributed by atoms with Crippen LogP contribution in [0.25, 0.3) is 23.0 Å². The predicted octanol–water partition coefficient (Wildman–Crippen LogP) is 5.59. The molecule has 0 radical (unpaired) electrons.